The number of nitro benzene ring substituents is 2. The topological polar surface area (TPSA) is 145 Å². The van der Waals surface area contributed by atoms with Crippen LogP contribution in [0, 0.1) is 20.2 Å². The summed E-state index contributed by atoms with van der Waals surface area (Å²) in [5, 5.41) is 21.2. The van der Waals surface area contributed by atoms with Gasteiger partial charge in [-0.05, 0) is 13.0 Å². The number of phosphoric ester groups is 1. The van der Waals surface area contributed by atoms with Gasteiger partial charge in [0, 0.05) is 6.07 Å². The molecule has 11 heteroatoms. The van der Waals surface area contributed by atoms with E-state index in [9.17, 15) is 29.7 Å². The summed E-state index contributed by atoms with van der Waals surface area (Å²) in [5.74, 6) is -0.651. The molecular weight excluding hydrogens is 283 g/mol. The second kappa shape index (κ2) is 5.74. The number of nitro groups is 2. The van der Waals surface area contributed by atoms with Crippen LogP contribution in [0.1, 0.15) is 6.92 Å². The Bertz CT molecular complexity index is 560. The summed E-state index contributed by atoms with van der Waals surface area (Å²) in [5.41, 5.74) is -1.40. The fraction of sp³-hybridized carbons (Fsp3) is 0.250. The Balaban J connectivity index is 3.18. The van der Waals surface area contributed by atoms with E-state index in [2.05, 4.69) is 9.05 Å². The third kappa shape index (κ3) is 3.98. The lowest BCUT2D eigenvalue weighted by molar-refractivity contribution is -0.394. The fourth-order valence-corrected chi connectivity index (χ4v) is 1.91. The molecule has 1 aromatic rings. The molecule has 1 rings (SSSR count). The summed E-state index contributed by atoms with van der Waals surface area (Å²) in [7, 11) is -4.74. The molecule has 1 aromatic carbocycles. The van der Waals surface area contributed by atoms with E-state index in [1.807, 2.05) is 0 Å². The smallest absolute Gasteiger partial charge is 0.319 e. The highest BCUT2D eigenvalue weighted by atomic mass is 31.2. The van der Waals surface area contributed by atoms with E-state index in [1.165, 1.54) is 6.92 Å². The average Bonchev–Trinajstić information content (AvgIpc) is 2.27. The van der Waals surface area contributed by atoms with E-state index in [-0.39, 0.29) is 6.61 Å². The van der Waals surface area contributed by atoms with Crippen LogP contribution < -0.4 is 9.42 Å². The predicted octanol–water partition coefficient (Wildman–Crippen LogP) is 1.39. The Morgan fingerprint density at radius 2 is 1.89 bits per heavy atom. The molecule has 0 fully saturated rings. The van der Waals surface area contributed by atoms with E-state index in [0.717, 1.165) is 12.1 Å². The molecule has 0 saturated heterocycles. The molecule has 0 aliphatic heterocycles. The van der Waals surface area contributed by atoms with Crippen molar-refractivity contribution in [2.75, 3.05) is 6.61 Å². The summed E-state index contributed by atoms with van der Waals surface area (Å²) >= 11 is 0. The van der Waals surface area contributed by atoms with Gasteiger partial charge >= 0.3 is 13.5 Å². The van der Waals surface area contributed by atoms with E-state index >= 15 is 0 Å². The van der Waals surface area contributed by atoms with Gasteiger partial charge in [0.25, 0.3) is 5.69 Å². The van der Waals surface area contributed by atoms with Crippen LogP contribution in [0.3, 0.4) is 0 Å². The van der Waals surface area contributed by atoms with E-state index in [0.29, 0.717) is 6.07 Å². The Morgan fingerprint density at radius 1 is 1.26 bits per heavy atom. The third-order valence-corrected chi connectivity index (χ3v) is 2.84. The third-order valence-electron chi connectivity index (χ3n) is 1.85. The summed E-state index contributed by atoms with van der Waals surface area (Å²) in [6.07, 6.45) is 0. The largest absolute Gasteiger partial charge is 0.746 e. The van der Waals surface area contributed by atoms with Crippen molar-refractivity contribution in [1.82, 2.24) is 0 Å². The highest BCUT2D eigenvalue weighted by Crippen LogP contribution is 2.43. The number of phosphoric acid groups is 1. The van der Waals surface area contributed by atoms with Gasteiger partial charge in [-0.1, -0.05) is 0 Å². The maximum absolute atomic E-state index is 11.2. The standard InChI is InChI=1S/C8H9N2O8P/c1-2-17-19(15,16)18-8-4-3-6(9(11)12)5-7(8)10(13)14/h3-5H,2H2,1H3,(H,15,16)/p-1. The van der Waals surface area contributed by atoms with Crippen LogP contribution in [0.5, 0.6) is 5.75 Å². The van der Waals surface area contributed by atoms with E-state index < -0.39 is 34.8 Å². The molecule has 0 saturated carbocycles. The molecule has 0 radical (unpaired) electrons. The molecule has 0 heterocycles. The number of hydrogen-bond acceptors (Lipinski definition) is 8. The lowest BCUT2D eigenvalue weighted by Gasteiger charge is -2.21. The van der Waals surface area contributed by atoms with Crippen LogP contribution in [-0.2, 0) is 9.09 Å². The highest BCUT2D eigenvalue weighted by Gasteiger charge is 2.23. The molecule has 104 valence electrons. The Kier molecular flexibility index (Phi) is 4.54. The summed E-state index contributed by atoms with van der Waals surface area (Å²) in [4.78, 5) is 30.6. The van der Waals surface area contributed by atoms with Gasteiger partial charge in [-0.3, -0.25) is 24.8 Å². The van der Waals surface area contributed by atoms with Crippen molar-refractivity contribution in [2.24, 2.45) is 0 Å². The van der Waals surface area contributed by atoms with Crippen molar-refractivity contribution in [3.8, 4) is 5.75 Å². The second-order valence-corrected chi connectivity index (χ2v) is 4.46. The Labute approximate surface area is 106 Å². The SMILES string of the molecule is CCOP(=O)([O-])Oc1ccc([N+](=O)[O-])cc1[N+](=O)[O-]. The van der Waals surface area contributed by atoms with E-state index in [1.54, 1.807) is 0 Å². The molecule has 0 bridgehead atoms. The minimum atomic E-state index is -4.74. The molecule has 1 unspecified atom stereocenters. The number of benzene rings is 1. The van der Waals surface area contributed by atoms with Crippen LogP contribution in [0.15, 0.2) is 18.2 Å². The maximum atomic E-state index is 11.2. The maximum Gasteiger partial charge on any atom is 0.319 e. The van der Waals surface area contributed by atoms with Crippen molar-refractivity contribution in [2.45, 2.75) is 6.92 Å². The second-order valence-electron chi connectivity index (χ2n) is 3.12. The summed E-state index contributed by atoms with van der Waals surface area (Å²) in [6, 6.07) is 2.30. The van der Waals surface area contributed by atoms with Crippen LogP contribution in [-0.4, -0.2) is 16.5 Å². The van der Waals surface area contributed by atoms with Crippen molar-refractivity contribution >= 4 is 19.2 Å². The minimum absolute atomic E-state index is 0.207. The first kappa shape index (κ1) is 15.0. The summed E-state index contributed by atoms with van der Waals surface area (Å²) in [6.45, 7) is 1.18. The Hall–Kier alpha value is -2.03. The van der Waals surface area contributed by atoms with Gasteiger partial charge in [0.15, 0.2) is 0 Å². The van der Waals surface area contributed by atoms with Crippen molar-refractivity contribution in [3.63, 3.8) is 0 Å². The van der Waals surface area contributed by atoms with Gasteiger partial charge in [0.1, 0.15) is 0 Å². The van der Waals surface area contributed by atoms with Crippen molar-refractivity contribution in [1.29, 1.82) is 0 Å². The van der Waals surface area contributed by atoms with Gasteiger partial charge in [0.05, 0.1) is 22.5 Å². The Morgan fingerprint density at radius 3 is 2.37 bits per heavy atom. The lowest BCUT2D eigenvalue weighted by Crippen LogP contribution is -2.11. The summed E-state index contributed by atoms with van der Waals surface area (Å²) < 4.78 is 19.9. The molecule has 19 heavy (non-hydrogen) atoms. The molecule has 0 spiro atoms. The molecule has 0 aliphatic carbocycles. The number of non-ortho nitro benzene ring substituents is 1. The molecular formula is C8H8N2O8P-. The zero-order valence-corrected chi connectivity index (χ0v) is 10.4. The zero-order valence-electron chi connectivity index (χ0n) is 9.55. The quantitative estimate of drug-likeness (QED) is 0.434. The number of rotatable bonds is 6. The molecule has 1 atom stereocenters. The van der Waals surface area contributed by atoms with Gasteiger partial charge in [0.2, 0.25) is 5.75 Å². The average molecular weight is 291 g/mol. The molecule has 0 aliphatic rings. The van der Waals surface area contributed by atoms with Crippen LogP contribution in [0.25, 0.3) is 0 Å². The normalized spacial score (nSPS) is 13.6. The highest BCUT2D eigenvalue weighted by molar-refractivity contribution is 7.46. The molecule has 10 nitrogen and oxygen atoms in total. The number of nitrogens with zero attached hydrogens (tertiary/aromatic N) is 2. The first-order valence-electron chi connectivity index (χ1n) is 4.85. The van der Waals surface area contributed by atoms with Gasteiger partial charge in [-0.15, -0.1) is 0 Å². The lowest BCUT2D eigenvalue weighted by atomic mass is 10.2. The van der Waals surface area contributed by atoms with Crippen molar-refractivity contribution in [3.05, 3.63) is 38.4 Å². The van der Waals surface area contributed by atoms with Crippen LogP contribution in [0.2, 0.25) is 0 Å². The van der Waals surface area contributed by atoms with E-state index in [4.69, 9.17) is 0 Å². The van der Waals surface area contributed by atoms with Crippen molar-refractivity contribution < 1.29 is 28.4 Å². The fourth-order valence-electron chi connectivity index (χ4n) is 1.14. The van der Waals surface area contributed by atoms with Gasteiger partial charge in [-0.25, -0.2) is 0 Å². The first-order chi connectivity index (χ1) is 8.76. The first-order valence-corrected chi connectivity index (χ1v) is 6.31. The zero-order chi connectivity index (χ0) is 14.6. The molecule has 0 aromatic heterocycles. The monoisotopic (exact) mass is 291 g/mol. The van der Waals surface area contributed by atoms with Crippen LogP contribution in [0.4, 0.5) is 11.4 Å². The predicted molar refractivity (Wildman–Crippen MR) is 59.6 cm³/mol. The molecule has 0 N–H and O–H groups in total. The minimum Gasteiger partial charge on any atom is -0.746 e. The molecule has 0 amide bonds. The number of hydrogen-bond donors (Lipinski definition) is 0. The van der Waals surface area contributed by atoms with Crippen LogP contribution >= 0.6 is 7.82 Å². The van der Waals surface area contributed by atoms with Gasteiger partial charge < -0.3 is 13.9 Å². The van der Waals surface area contributed by atoms with Gasteiger partial charge in [-0.2, -0.15) is 0 Å².